The highest BCUT2D eigenvalue weighted by Gasteiger charge is 2.06. The second-order valence-electron chi connectivity index (χ2n) is 3.40. The number of aromatic nitrogens is 1. The van der Waals surface area contributed by atoms with E-state index in [9.17, 15) is 0 Å². The number of nitrogens with two attached hydrogens (primary N) is 1. The van der Waals surface area contributed by atoms with Crippen molar-refractivity contribution >= 4 is 0 Å². The third kappa shape index (κ3) is 2.85. The standard InChI is InChI=1S/C11H16N2O/c1-8(2)6-10(12)9-4-5-11(14-3)13-7-9/h4-5,7,10H,1,6,12H2,2-3H3/t10-/m1/s1. The van der Waals surface area contributed by atoms with Crippen LogP contribution in [0.2, 0.25) is 0 Å². The number of pyridine rings is 1. The topological polar surface area (TPSA) is 48.1 Å². The van der Waals surface area contributed by atoms with Gasteiger partial charge in [0, 0.05) is 18.3 Å². The van der Waals surface area contributed by atoms with Crippen molar-refractivity contribution < 1.29 is 4.74 Å². The minimum atomic E-state index is -0.0223. The van der Waals surface area contributed by atoms with Crippen LogP contribution < -0.4 is 10.5 Å². The molecule has 0 unspecified atom stereocenters. The van der Waals surface area contributed by atoms with Gasteiger partial charge < -0.3 is 10.5 Å². The number of rotatable bonds is 4. The summed E-state index contributed by atoms with van der Waals surface area (Å²) in [6.07, 6.45) is 2.53. The van der Waals surface area contributed by atoms with Crippen molar-refractivity contribution in [1.82, 2.24) is 4.98 Å². The van der Waals surface area contributed by atoms with Crippen molar-refractivity contribution in [3.8, 4) is 5.88 Å². The molecule has 0 amide bonds. The van der Waals surface area contributed by atoms with Crippen LogP contribution in [0.1, 0.15) is 24.9 Å². The van der Waals surface area contributed by atoms with Crippen molar-refractivity contribution in [1.29, 1.82) is 0 Å². The van der Waals surface area contributed by atoms with Gasteiger partial charge in [0.25, 0.3) is 0 Å². The summed E-state index contributed by atoms with van der Waals surface area (Å²) in [6.45, 7) is 5.80. The van der Waals surface area contributed by atoms with Crippen molar-refractivity contribution in [3.63, 3.8) is 0 Å². The Kier molecular flexibility index (Phi) is 3.65. The lowest BCUT2D eigenvalue weighted by Gasteiger charge is -2.11. The maximum Gasteiger partial charge on any atom is 0.212 e. The van der Waals surface area contributed by atoms with E-state index in [2.05, 4.69) is 11.6 Å². The number of hydrogen-bond donors (Lipinski definition) is 1. The van der Waals surface area contributed by atoms with Gasteiger partial charge in [-0.25, -0.2) is 4.98 Å². The predicted molar refractivity (Wildman–Crippen MR) is 57.1 cm³/mol. The van der Waals surface area contributed by atoms with E-state index in [0.717, 1.165) is 17.6 Å². The van der Waals surface area contributed by atoms with Crippen LogP contribution in [0.25, 0.3) is 0 Å². The maximum atomic E-state index is 5.95. The molecule has 76 valence electrons. The smallest absolute Gasteiger partial charge is 0.212 e. The van der Waals surface area contributed by atoms with Crippen LogP contribution in [0.5, 0.6) is 5.88 Å². The van der Waals surface area contributed by atoms with Crippen LogP contribution in [0.4, 0.5) is 0 Å². The van der Waals surface area contributed by atoms with Crippen molar-refractivity contribution in [2.75, 3.05) is 7.11 Å². The van der Waals surface area contributed by atoms with Gasteiger partial charge in [0.2, 0.25) is 5.88 Å². The molecular formula is C11H16N2O. The van der Waals surface area contributed by atoms with E-state index < -0.39 is 0 Å². The molecule has 1 aromatic heterocycles. The molecule has 1 rings (SSSR count). The average molecular weight is 192 g/mol. The van der Waals surface area contributed by atoms with Crippen molar-refractivity contribution in [3.05, 3.63) is 36.0 Å². The first-order chi connectivity index (χ1) is 6.63. The molecule has 0 saturated carbocycles. The molecule has 3 nitrogen and oxygen atoms in total. The predicted octanol–water partition coefficient (Wildman–Crippen LogP) is 2.06. The first-order valence-corrected chi connectivity index (χ1v) is 4.53. The fourth-order valence-electron chi connectivity index (χ4n) is 1.23. The van der Waals surface area contributed by atoms with Gasteiger partial charge in [-0.2, -0.15) is 0 Å². The van der Waals surface area contributed by atoms with Crippen molar-refractivity contribution in [2.45, 2.75) is 19.4 Å². The van der Waals surface area contributed by atoms with Gasteiger partial charge in [-0.05, 0) is 18.9 Å². The molecule has 0 spiro atoms. The van der Waals surface area contributed by atoms with Crippen LogP contribution in [0.15, 0.2) is 30.5 Å². The summed E-state index contributed by atoms with van der Waals surface area (Å²) in [5.74, 6) is 0.608. The Hall–Kier alpha value is -1.35. The summed E-state index contributed by atoms with van der Waals surface area (Å²) in [7, 11) is 1.59. The van der Waals surface area contributed by atoms with Gasteiger partial charge in [0.05, 0.1) is 7.11 Å². The summed E-state index contributed by atoms with van der Waals surface area (Å²) in [6, 6.07) is 3.72. The van der Waals surface area contributed by atoms with Crippen LogP contribution in [-0.2, 0) is 0 Å². The first kappa shape index (κ1) is 10.7. The zero-order chi connectivity index (χ0) is 10.6. The molecule has 0 fully saturated rings. The van der Waals surface area contributed by atoms with E-state index in [0.29, 0.717) is 5.88 Å². The number of hydrogen-bond acceptors (Lipinski definition) is 3. The summed E-state index contributed by atoms with van der Waals surface area (Å²) in [5, 5.41) is 0. The van der Waals surface area contributed by atoms with E-state index in [1.54, 1.807) is 13.3 Å². The molecule has 0 bridgehead atoms. The third-order valence-corrected chi connectivity index (χ3v) is 1.96. The maximum absolute atomic E-state index is 5.95. The summed E-state index contributed by atoms with van der Waals surface area (Å²) in [5.41, 5.74) is 8.03. The Morgan fingerprint density at radius 2 is 2.36 bits per heavy atom. The Balaban J connectivity index is 2.71. The quantitative estimate of drug-likeness (QED) is 0.743. The fourth-order valence-corrected chi connectivity index (χ4v) is 1.23. The molecule has 1 heterocycles. The second kappa shape index (κ2) is 4.77. The molecule has 3 heteroatoms. The van der Waals surface area contributed by atoms with E-state index >= 15 is 0 Å². The van der Waals surface area contributed by atoms with Crippen LogP contribution >= 0.6 is 0 Å². The molecule has 1 atom stereocenters. The van der Waals surface area contributed by atoms with E-state index in [1.165, 1.54) is 0 Å². The Labute approximate surface area is 84.6 Å². The average Bonchev–Trinajstić information content (AvgIpc) is 2.17. The lowest BCUT2D eigenvalue weighted by Crippen LogP contribution is -2.10. The fraction of sp³-hybridized carbons (Fsp3) is 0.364. The van der Waals surface area contributed by atoms with Crippen molar-refractivity contribution in [2.24, 2.45) is 5.73 Å². The molecule has 0 aliphatic rings. The number of ether oxygens (including phenoxy) is 1. The first-order valence-electron chi connectivity index (χ1n) is 4.53. The van der Waals surface area contributed by atoms with Crippen LogP contribution in [-0.4, -0.2) is 12.1 Å². The SMILES string of the molecule is C=C(C)C[C@@H](N)c1ccc(OC)nc1. The number of methoxy groups -OCH3 is 1. The summed E-state index contributed by atoms with van der Waals surface area (Å²) >= 11 is 0. The molecule has 0 radical (unpaired) electrons. The zero-order valence-electron chi connectivity index (χ0n) is 8.66. The minimum absolute atomic E-state index is 0.0223. The monoisotopic (exact) mass is 192 g/mol. The molecule has 14 heavy (non-hydrogen) atoms. The normalized spacial score (nSPS) is 12.2. The molecule has 2 N–H and O–H groups in total. The van der Waals surface area contributed by atoms with E-state index in [-0.39, 0.29) is 6.04 Å². The van der Waals surface area contributed by atoms with Gasteiger partial charge in [0.15, 0.2) is 0 Å². The highest BCUT2D eigenvalue weighted by atomic mass is 16.5. The lowest BCUT2D eigenvalue weighted by atomic mass is 10.0. The Bertz CT molecular complexity index is 306. The van der Waals surface area contributed by atoms with Gasteiger partial charge >= 0.3 is 0 Å². The van der Waals surface area contributed by atoms with Crippen LogP contribution in [0, 0.1) is 0 Å². The van der Waals surface area contributed by atoms with Crippen LogP contribution in [0.3, 0.4) is 0 Å². The zero-order valence-corrected chi connectivity index (χ0v) is 8.66. The van der Waals surface area contributed by atoms with Gasteiger partial charge in [-0.3, -0.25) is 0 Å². The van der Waals surface area contributed by atoms with E-state index in [4.69, 9.17) is 10.5 Å². The number of nitrogens with zero attached hydrogens (tertiary/aromatic N) is 1. The molecule has 0 aliphatic carbocycles. The molecule has 0 aliphatic heterocycles. The Morgan fingerprint density at radius 1 is 1.64 bits per heavy atom. The molecule has 1 aromatic rings. The van der Waals surface area contributed by atoms with E-state index in [1.807, 2.05) is 19.1 Å². The summed E-state index contributed by atoms with van der Waals surface area (Å²) < 4.78 is 4.96. The van der Waals surface area contributed by atoms with Gasteiger partial charge in [-0.1, -0.05) is 11.6 Å². The highest BCUT2D eigenvalue weighted by molar-refractivity contribution is 5.21. The molecular weight excluding hydrogens is 176 g/mol. The highest BCUT2D eigenvalue weighted by Crippen LogP contribution is 2.18. The summed E-state index contributed by atoms with van der Waals surface area (Å²) in [4.78, 5) is 4.09. The Morgan fingerprint density at radius 3 is 2.79 bits per heavy atom. The molecule has 0 aromatic carbocycles. The van der Waals surface area contributed by atoms with Gasteiger partial charge in [-0.15, -0.1) is 6.58 Å². The minimum Gasteiger partial charge on any atom is -0.481 e. The largest absolute Gasteiger partial charge is 0.481 e. The lowest BCUT2D eigenvalue weighted by molar-refractivity contribution is 0.397. The third-order valence-electron chi connectivity index (χ3n) is 1.96. The molecule has 0 saturated heterocycles. The second-order valence-corrected chi connectivity index (χ2v) is 3.40. The van der Waals surface area contributed by atoms with Gasteiger partial charge in [0.1, 0.15) is 0 Å².